The number of nitrogens with zero attached hydrogens (tertiary/aromatic N) is 1. The number of hydrogen-bond acceptors (Lipinski definition) is 3. The van der Waals surface area contributed by atoms with Crippen molar-refractivity contribution in [2.45, 2.75) is 64.8 Å². The number of β-lactam (4-membered cyclic amide) rings is 1. The monoisotopic (exact) mass is 393 g/mol. The molecule has 0 aliphatic carbocycles. The number of rotatable bonds is 10. The van der Waals surface area contributed by atoms with E-state index >= 15 is 0 Å². The van der Waals surface area contributed by atoms with Gasteiger partial charge in [0.1, 0.15) is 6.04 Å². The maximum absolute atomic E-state index is 12.6. The molecule has 2 amide bonds. The fourth-order valence-corrected chi connectivity index (χ4v) is 4.13. The van der Waals surface area contributed by atoms with Gasteiger partial charge in [-0.15, -0.1) is 0 Å². The number of carbonyl (C=O) groups is 3. The topological polar surface area (TPSA) is 74.7 Å². The average Bonchev–Trinajstić information content (AvgIpc) is 2.59. The van der Waals surface area contributed by atoms with Crippen molar-refractivity contribution < 1.29 is 19.5 Å². The van der Waals surface area contributed by atoms with E-state index in [2.05, 4.69) is 13.8 Å². The minimum atomic E-state index is -1.11. The van der Waals surface area contributed by atoms with Gasteiger partial charge in [-0.1, -0.05) is 63.3 Å². The van der Waals surface area contributed by atoms with Gasteiger partial charge in [-0.2, -0.15) is 0 Å². The molecule has 5 nitrogen and oxygen atoms in total. The van der Waals surface area contributed by atoms with E-state index in [1.165, 1.54) is 0 Å². The third kappa shape index (κ3) is 5.32. The van der Waals surface area contributed by atoms with Gasteiger partial charge in [-0.05, 0) is 36.5 Å². The maximum Gasteiger partial charge on any atom is 0.327 e. The standard InChI is InChI=1S/C21H28ClNO4/c1-3-6-14(7-4-2)13-18(24)23-19(21(26)27)17(20(23)25)11-10-15-8-5-9-16(22)12-15/h5,8-9,12,14,17,19H,3-4,6-7,10-11,13H2,1-2H3,(H,26,27)/t17-,19+/m1/s1. The molecule has 1 heterocycles. The number of carboxylic acids is 1. The molecule has 1 aliphatic rings. The summed E-state index contributed by atoms with van der Waals surface area (Å²) in [4.78, 5) is 37.8. The summed E-state index contributed by atoms with van der Waals surface area (Å²) >= 11 is 5.97. The molecule has 1 fully saturated rings. The van der Waals surface area contributed by atoms with Gasteiger partial charge >= 0.3 is 5.97 Å². The molecule has 0 radical (unpaired) electrons. The normalized spacial score (nSPS) is 19.3. The van der Waals surface area contributed by atoms with Crippen LogP contribution in [0.4, 0.5) is 0 Å². The Bertz CT molecular complexity index is 685. The molecular formula is C21H28ClNO4. The van der Waals surface area contributed by atoms with Crippen molar-refractivity contribution in [1.29, 1.82) is 0 Å². The third-order valence-corrected chi connectivity index (χ3v) is 5.46. The number of aryl methyl sites for hydroxylation is 1. The molecule has 0 saturated carbocycles. The summed E-state index contributed by atoms with van der Waals surface area (Å²) in [5.41, 5.74) is 0.954. The number of carboxylic acid groups (broad SMARTS) is 1. The Labute approximate surface area is 165 Å². The SMILES string of the molecule is CCCC(CCC)CC(=O)N1C(=O)[C@H](CCc2cccc(Cl)c2)[C@H]1C(=O)O. The highest BCUT2D eigenvalue weighted by atomic mass is 35.5. The number of imide groups is 1. The molecule has 0 unspecified atom stereocenters. The number of carbonyl (C=O) groups excluding carboxylic acids is 2. The van der Waals surface area contributed by atoms with Crippen molar-refractivity contribution in [3.8, 4) is 0 Å². The Hall–Kier alpha value is -1.88. The molecule has 0 spiro atoms. The first-order chi connectivity index (χ1) is 12.9. The van der Waals surface area contributed by atoms with E-state index in [-0.39, 0.29) is 24.2 Å². The van der Waals surface area contributed by atoms with Crippen LogP contribution in [0, 0.1) is 11.8 Å². The van der Waals surface area contributed by atoms with Crippen LogP contribution in [0.5, 0.6) is 0 Å². The molecule has 1 aliphatic heterocycles. The first-order valence-corrected chi connectivity index (χ1v) is 10.1. The second-order valence-corrected chi connectivity index (χ2v) is 7.74. The van der Waals surface area contributed by atoms with Gasteiger partial charge in [-0.3, -0.25) is 14.5 Å². The summed E-state index contributed by atoms with van der Waals surface area (Å²) in [6.45, 7) is 4.13. The lowest BCUT2D eigenvalue weighted by molar-refractivity contribution is -0.177. The van der Waals surface area contributed by atoms with Crippen molar-refractivity contribution in [2.24, 2.45) is 11.8 Å². The summed E-state index contributed by atoms with van der Waals surface area (Å²) in [5.74, 6) is -2.26. The van der Waals surface area contributed by atoms with Gasteiger partial charge in [-0.25, -0.2) is 4.79 Å². The Morgan fingerprint density at radius 1 is 1.22 bits per heavy atom. The number of benzene rings is 1. The third-order valence-electron chi connectivity index (χ3n) is 5.23. The molecule has 1 saturated heterocycles. The minimum Gasteiger partial charge on any atom is -0.480 e. The van der Waals surface area contributed by atoms with E-state index in [9.17, 15) is 19.5 Å². The Morgan fingerprint density at radius 3 is 2.44 bits per heavy atom. The zero-order valence-corrected chi connectivity index (χ0v) is 16.7. The fraction of sp³-hybridized carbons (Fsp3) is 0.571. The van der Waals surface area contributed by atoms with Gasteiger partial charge < -0.3 is 5.11 Å². The minimum absolute atomic E-state index is 0.209. The smallest absolute Gasteiger partial charge is 0.327 e. The highest BCUT2D eigenvalue weighted by Gasteiger charge is 2.54. The van der Waals surface area contributed by atoms with Crippen LogP contribution in [0.25, 0.3) is 0 Å². The molecule has 2 rings (SSSR count). The quantitative estimate of drug-likeness (QED) is 0.601. The second kappa shape index (κ2) is 9.88. The first-order valence-electron chi connectivity index (χ1n) is 9.72. The zero-order valence-electron chi connectivity index (χ0n) is 16.0. The van der Waals surface area contributed by atoms with Crippen LogP contribution in [0.3, 0.4) is 0 Å². The van der Waals surface area contributed by atoms with E-state index in [1.807, 2.05) is 18.2 Å². The van der Waals surface area contributed by atoms with Crippen LogP contribution < -0.4 is 0 Å². The molecule has 6 heteroatoms. The predicted octanol–water partition coefficient (Wildman–Crippen LogP) is 4.32. The Morgan fingerprint density at radius 2 is 1.89 bits per heavy atom. The molecule has 27 heavy (non-hydrogen) atoms. The highest BCUT2D eigenvalue weighted by molar-refractivity contribution is 6.30. The lowest BCUT2D eigenvalue weighted by Gasteiger charge is -2.43. The van der Waals surface area contributed by atoms with E-state index < -0.39 is 17.9 Å². The summed E-state index contributed by atoms with van der Waals surface area (Å²) in [7, 11) is 0. The highest BCUT2D eigenvalue weighted by Crippen LogP contribution is 2.33. The molecular weight excluding hydrogens is 366 g/mol. The Kier molecular flexibility index (Phi) is 7.84. The molecule has 1 aromatic rings. The Balaban J connectivity index is 2.01. The van der Waals surface area contributed by atoms with Crippen molar-refractivity contribution in [2.75, 3.05) is 0 Å². The maximum atomic E-state index is 12.6. The summed E-state index contributed by atoms with van der Waals surface area (Å²) in [5, 5.41) is 10.2. The van der Waals surface area contributed by atoms with Crippen molar-refractivity contribution >= 4 is 29.4 Å². The number of hydrogen-bond donors (Lipinski definition) is 1. The van der Waals surface area contributed by atoms with Crippen molar-refractivity contribution in [3.05, 3.63) is 34.9 Å². The molecule has 0 aromatic heterocycles. The molecule has 0 bridgehead atoms. The van der Waals surface area contributed by atoms with Crippen LogP contribution >= 0.6 is 11.6 Å². The van der Waals surface area contributed by atoms with E-state index in [0.717, 1.165) is 36.1 Å². The summed E-state index contributed by atoms with van der Waals surface area (Å²) < 4.78 is 0. The lowest BCUT2D eigenvalue weighted by Crippen LogP contribution is -2.66. The van der Waals surface area contributed by atoms with Gasteiger partial charge in [0.15, 0.2) is 0 Å². The van der Waals surface area contributed by atoms with Gasteiger partial charge in [0.25, 0.3) is 0 Å². The number of halogens is 1. The zero-order chi connectivity index (χ0) is 20.0. The van der Waals surface area contributed by atoms with Crippen LogP contribution in [0.1, 0.15) is 57.9 Å². The number of aliphatic carboxylic acids is 1. The van der Waals surface area contributed by atoms with E-state index in [0.29, 0.717) is 17.9 Å². The molecule has 2 atom stereocenters. The van der Waals surface area contributed by atoms with Gasteiger partial charge in [0, 0.05) is 11.4 Å². The van der Waals surface area contributed by atoms with Gasteiger partial charge in [0.2, 0.25) is 11.8 Å². The molecule has 1 aromatic carbocycles. The van der Waals surface area contributed by atoms with Crippen LogP contribution in [0.15, 0.2) is 24.3 Å². The number of likely N-dealkylation sites (tertiary alicyclic amines) is 1. The average molecular weight is 394 g/mol. The van der Waals surface area contributed by atoms with Crippen LogP contribution in [-0.4, -0.2) is 33.8 Å². The second-order valence-electron chi connectivity index (χ2n) is 7.31. The largest absolute Gasteiger partial charge is 0.480 e. The number of amides is 2. The summed E-state index contributed by atoms with van der Waals surface area (Å²) in [6, 6.07) is 6.25. The lowest BCUT2D eigenvalue weighted by atomic mass is 9.81. The van der Waals surface area contributed by atoms with E-state index in [4.69, 9.17) is 11.6 Å². The summed E-state index contributed by atoms with van der Waals surface area (Å²) in [6.07, 6.45) is 4.96. The molecule has 1 N–H and O–H groups in total. The van der Waals surface area contributed by atoms with Crippen LogP contribution in [0.2, 0.25) is 5.02 Å². The predicted molar refractivity (Wildman–Crippen MR) is 104 cm³/mol. The van der Waals surface area contributed by atoms with Gasteiger partial charge in [0.05, 0.1) is 5.92 Å². The fourth-order valence-electron chi connectivity index (χ4n) is 3.92. The van der Waals surface area contributed by atoms with Crippen molar-refractivity contribution in [1.82, 2.24) is 4.90 Å². The van der Waals surface area contributed by atoms with Crippen LogP contribution in [-0.2, 0) is 20.8 Å². The first kappa shape index (κ1) is 21.4. The molecule has 148 valence electrons. The van der Waals surface area contributed by atoms with Crippen molar-refractivity contribution in [3.63, 3.8) is 0 Å². The van der Waals surface area contributed by atoms with E-state index in [1.54, 1.807) is 6.07 Å².